The number of benzene rings is 1. The van der Waals surface area contributed by atoms with Crippen molar-refractivity contribution in [3.8, 4) is 17.2 Å². The van der Waals surface area contributed by atoms with E-state index in [4.69, 9.17) is 18.9 Å². The summed E-state index contributed by atoms with van der Waals surface area (Å²) in [6, 6.07) is 5.46. The Morgan fingerprint density at radius 3 is 2.13 bits per heavy atom. The Morgan fingerprint density at radius 2 is 1.67 bits per heavy atom. The minimum Gasteiger partial charge on any atom is -0.493 e. The third-order valence-electron chi connectivity index (χ3n) is 1.87. The van der Waals surface area contributed by atoms with E-state index in [1.165, 1.54) is 0 Å². The van der Waals surface area contributed by atoms with Gasteiger partial charge in [0, 0.05) is 6.61 Å². The molecule has 0 bridgehead atoms. The third kappa shape index (κ3) is 3.02. The number of methoxy groups -OCH3 is 2. The zero-order valence-corrected chi connectivity index (χ0v) is 9.28. The van der Waals surface area contributed by atoms with Gasteiger partial charge in [-0.05, 0) is 19.1 Å². The molecule has 4 heteroatoms. The first kappa shape index (κ1) is 11.7. The molecule has 0 N–H and O–H groups in total. The highest BCUT2D eigenvalue weighted by Crippen LogP contribution is 2.36. The molecular formula is C11H16O4. The van der Waals surface area contributed by atoms with Crippen molar-refractivity contribution in [2.45, 2.75) is 6.92 Å². The van der Waals surface area contributed by atoms with Gasteiger partial charge in [-0.1, -0.05) is 6.07 Å². The third-order valence-corrected chi connectivity index (χ3v) is 1.87. The van der Waals surface area contributed by atoms with Gasteiger partial charge in [0.1, 0.15) is 0 Å². The molecule has 0 saturated heterocycles. The standard InChI is InChI=1S/C11H16O4/c1-4-14-8-15-11-9(12-2)6-5-7-10(11)13-3/h5-7H,4,8H2,1-3H3. The van der Waals surface area contributed by atoms with Crippen molar-refractivity contribution in [1.29, 1.82) is 0 Å². The molecule has 1 rings (SSSR count). The number of hydrogen-bond acceptors (Lipinski definition) is 4. The highest BCUT2D eigenvalue weighted by atomic mass is 16.7. The SMILES string of the molecule is CCOCOc1c(OC)cccc1OC. The van der Waals surface area contributed by atoms with Gasteiger partial charge in [0.15, 0.2) is 18.3 Å². The number of para-hydroxylation sites is 1. The second-order valence-corrected chi connectivity index (χ2v) is 2.75. The van der Waals surface area contributed by atoms with E-state index in [2.05, 4.69) is 0 Å². The second kappa shape index (κ2) is 6.14. The van der Waals surface area contributed by atoms with Crippen LogP contribution in [0.2, 0.25) is 0 Å². The Bertz CT molecular complexity index is 276. The van der Waals surface area contributed by atoms with Crippen LogP contribution in [0.5, 0.6) is 17.2 Å². The van der Waals surface area contributed by atoms with Crippen molar-refractivity contribution in [2.75, 3.05) is 27.6 Å². The molecule has 4 nitrogen and oxygen atoms in total. The van der Waals surface area contributed by atoms with Crippen molar-refractivity contribution in [3.63, 3.8) is 0 Å². The molecular weight excluding hydrogens is 196 g/mol. The fraction of sp³-hybridized carbons (Fsp3) is 0.455. The maximum Gasteiger partial charge on any atom is 0.206 e. The van der Waals surface area contributed by atoms with E-state index in [1.807, 2.05) is 25.1 Å². The summed E-state index contributed by atoms with van der Waals surface area (Å²) in [6.07, 6.45) is 0. The van der Waals surface area contributed by atoms with Crippen molar-refractivity contribution in [1.82, 2.24) is 0 Å². The average molecular weight is 212 g/mol. The highest BCUT2D eigenvalue weighted by molar-refractivity contribution is 5.50. The molecule has 0 aliphatic rings. The monoisotopic (exact) mass is 212 g/mol. The predicted octanol–water partition coefficient (Wildman–Crippen LogP) is 2.08. The lowest BCUT2D eigenvalue weighted by atomic mass is 10.3. The molecule has 0 heterocycles. The largest absolute Gasteiger partial charge is 0.493 e. The van der Waals surface area contributed by atoms with Crippen LogP contribution in [0.15, 0.2) is 18.2 Å². The molecule has 0 atom stereocenters. The first-order valence-corrected chi connectivity index (χ1v) is 4.75. The van der Waals surface area contributed by atoms with Crippen LogP contribution in [0.1, 0.15) is 6.92 Å². The van der Waals surface area contributed by atoms with E-state index in [9.17, 15) is 0 Å². The van der Waals surface area contributed by atoms with Gasteiger partial charge in [-0.15, -0.1) is 0 Å². The molecule has 0 saturated carbocycles. The molecule has 0 unspecified atom stereocenters. The summed E-state index contributed by atoms with van der Waals surface area (Å²) in [5.41, 5.74) is 0. The zero-order chi connectivity index (χ0) is 11.1. The first-order valence-electron chi connectivity index (χ1n) is 4.75. The molecule has 0 aliphatic heterocycles. The van der Waals surface area contributed by atoms with Crippen LogP contribution in [-0.4, -0.2) is 27.6 Å². The molecule has 1 aromatic rings. The van der Waals surface area contributed by atoms with Gasteiger partial charge in [-0.3, -0.25) is 0 Å². The average Bonchev–Trinajstić information content (AvgIpc) is 2.29. The smallest absolute Gasteiger partial charge is 0.206 e. The minimum absolute atomic E-state index is 0.188. The number of hydrogen-bond donors (Lipinski definition) is 0. The Hall–Kier alpha value is -1.42. The Labute approximate surface area is 89.7 Å². The molecule has 84 valence electrons. The van der Waals surface area contributed by atoms with Gasteiger partial charge < -0.3 is 18.9 Å². The number of ether oxygens (including phenoxy) is 4. The quantitative estimate of drug-likeness (QED) is 0.534. The van der Waals surface area contributed by atoms with Crippen LogP contribution in [-0.2, 0) is 4.74 Å². The van der Waals surface area contributed by atoms with E-state index in [1.54, 1.807) is 14.2 Å². The topological polar surface area (TPSA) is 36.9 Å². The van der Waals surface area contributed by atoms with E-state index >= 15 is 0 Å². The van der Waals surface area contributed by atoms with E-state index in [0.717, 1.165) is 0 Å². The van der Waals surface area contributed by atoms with Gasteiger partial charge in [0.25, 0.3) is 0 Å². The molecule has 15 heavy (non-hydrogen) atoms. The lowest BCUT2D eigenvalue weighted by Gasteiger charge is -2.13. The highest BCUT2D eigenvalue weighted by Gasteiger charge is 2.10. The summed E-state index contributed by atoms with van der Waals surface area (Å²) in [5.74, 6) is 1.83. The Balaban J connectivity index is 2.80. The van der Waals surface area contributed by atoms with Crippen LogP contribution in [0.4, 0.5) is 0 Å². The fourth-order valence-electron chi connectivity index (χ4n) is 1.14. The minimum atomic E-state index is 0.188. The maximum atomic E-state index is 5.42. The molecule has 0 fully saturated rings. The Morgan fingerprint density at radius 1 is 1.07 bits per heavy atom. The molecule has 1 aromatic carbocycles. The van der Waals surface area contributed by atoms with Crippen LogP contribution in [0, 0.1) is 0 Å². The van der Waals surface area contributed by atoms with Crippen molar-refractivity contribution in [2.24, 2.45) is 0 Å². The predicted molar refractivity (Wildman–Crippen MR) is 56.7 cm³/mol. The summed E-state index contributed by atoms with van der Waals surface area (Å²) in [4.78, 5) is 0. The molecule has 0 aliphatic carbocycles. The maximum absolute atomic E-state index is 5.42. The van der Waals surface area contributed by atoms with Gasteiger partial charge in [0.05, 0.1) is 14.2 Å². The van der Waals surface area contributed by atoms with Gasteiger partial charge in [-0.2, -0.15) is 0 Å². The summed E-state index contributed by atoms with van der Waals surface area (Å²) in [5, 5.41) is 0. The second-order valence-electron chi connectivity index (χ2n) is 2.75. The van der Waals surface area contributed by atoms with Crippen LogP contribution in [0.25, 0.3) is 0 Å². The summed E-state index contributed by atoms with van der Waals surface area (Å²) < 4.78 is 20.8. The van der Waals surface area contributed by atoms with Crippen molar-refractivity contribution < 1.29 is 18.9 Å². The number of rotatable bonds is 6. The van der Waals surface area contributed by atoms with Gasteiger partial charge in [-0.25, -0.2) is 0 Å². The van der Waals surface area contributed by atoms with Crippen molar-refractivity contribution >= 4 is 0 Å². The van der Waals surface area contributed by atoms with Gasteiger partial charge >= 0.3 is 0 Å². The summed E-state index contributed by atoms with van der Waals surface area (Å²) in [6.45, 7) is 2.70. The molecule has 0 aromatic heterocycles. The lowest BCUT2D eigenvalue weighted by molar-refractivity contribution is 0.0193. The molecule has 0 amide bonds. The van der Waals surface area contributed by atoms with Crippen LogP contribution in [0.3, 0.4) is 0 Å². The van der Waals surface area contributed by atoms with Gasteiger partial charge in [0.2, 0.25) is 5.75 Å². The normalized spacial score (nSPS) is 9.80. The summed E-state index contributed by atoms with van der Waals surface area (Å²) >= 11 is 0. The van der Waals surface area contributed by atoms with E-state index in [-0.39, 0.29) is 6.79 Å². The molecule has 0 spiro atoms. The molecule has 0 radical (unpaired) electrons. The fourth-order valence-corrected chi connectivity index (χ4v) is 1.14. The first-order chi connectivity index (χ1) is 7.33. The lowest BCUT2D eigenvalue weighted by Crippen LogP contribution is -2.04. The van der Waals surface area contributed by atoms with Crippen molar-refractivity contribution in [3.05, 3.63) is 18.2 Å². The van der Waals surface area contributed by atoms with E-state index < -0.39 is 0 Å². The van der Waals surface area contributed by atoms with Crippen LogP contribution >= 0.6 is 0 Å². The summed E-state index contributed by atoms with van der Waals surface area (Å²) in [7, 11) is 3.17. The Kier molecular flexibility index (Phi) is 4.77. The van der Waals surface area contributed by atoms with Crippen LogP contribution < -0.4 is 14.2 Å². The zero-order valence-electron chi connectivity index (χ0n) is 9.28. The van der Waals surface area contributed by atoms with E-state index in [0.29, 0.717) is 23.9 Å².